The maximum atomic E-state index is 12.1. The second kappa shape index (κ2) is 9.42. The van der Waals surface area contributed by atoms with Crippen LogP contribution in [-0.2, 0) is 16.0 Å². The molecule has 0 spiro atoms. The summed E-state index contributed by atoms with van der Waals surface area (Å²) in [6.45, 7) is 4.54. The van der Waals surface area contributed by atoms with Crippen molar-refractivity contribution in [2.24, 2.45) is 5.92 Å². The molecule has 30 heavy (non-hydrogen) atoms. The molecule has 0 aliphatic heterocycles. The minimum Gasteiger partial charge on any atom is -0.466 e. The molecule has 3 heteroatoms. The van der Waals surface area contributed by atoms with Crippen LogP contribution in [0, 0.1) is 5.92 Å². The van der Waals surface area contributed by atoms with Gasteiger partial charge in [0.05, 0.1) is 18.0 Å². The molecule has 1 heterocycles. The van der Waals surface area contributed by atoms with Crippen LogP contribution in [0.2, 0.25) is 0 Å². The molecule has 1 aliphatic rings. The Morgan fingerprint density at radius 2 is 1.87 bits per heavy atom. The van der Waals surface area contributed by atoms with Crippen LogP contribution in [0.1, 0.15) is 63.1 Å². The highest BCUT2D eigenvalue weighted by Gasteiger charge is 2.46. The average molecular weight is 402 g/mol. The highest BCUT2D eigenvalue weighted by Crippen LogP contribution is 2.48. The molecule has 0 unspecified atom stereocenters. The van der Waals surface area contributed by atoms with Gasteiger partial charge in [0, 0.05) is 17.0 Å². The Hall–Kier alpha value is -2.68. The first-order chi connectivity index (χ1) is 14.7. The number of pyridine rings is 1. The van der Waals surface area contributed by atoms with E-state index in [0.717, 1.165) is 24.1 Å². The van der Waals surface area contributed by atoms with Crippen molar-refractivity contribution in [3.8, 4) is 11.1 Å². The summed E-state index contributed by atoms with van der Waals surface area (Å²) in [4.78, 5) is 17.1. The summed E-state index contributed by atoms with van der Waals surface area (Å²) in [7, 11) is 0. The molecular weight excluding hydrogens is 370 g/mol. The second-order valence-corrected chi connectivity index (χ2v) is 8.32. The Morgan fingerprint density at radius 3 is 2.63 bits per heavy atom. The molecule has 0 amide bonds. The summed E-state index contributed by atoms with van der Waals surface area (Å²) in [6.07, 6.45) is 7.02. The molecule has 2 atom stereocenters. The van der Waals surface area contributed by atoms with Gasteiger partial charge in [0.25, 0.3) is 0 Å². The molecule has 1 fully saturated rings. The maximum absolute atomic E-state index is 12.1. The SMILES string of the molecule is CCCCCCc1ccc2nc([C@H]3C[C@H]3C(=O)OCC)cc(-c3ccccc3)c2c1. The van der Waals surface area contributed by atoms with E-state index in [1.165, 1.54) is 47.8 Å². The zero-order valence-corrected chi connectivity index (χ0v) is 18.1. The van der Waals surface area contributed by atoms with Gasteiger partial charge < -0.3 is 4.74 Å². The summed E-state index contributed by atoms with van der Waals surface area (Å²) < 4.78 is 5.22. The lowest BCUT2D eigenvalue weighted by molar-refractivity contribution is -0.144. The number of fused-ring (bicyclic) bond motifs is 1. The molecule has 156 valence electrons. The van der Waals surface area contributed by atoms with Crippen molar-refractivity contribution >= 4 is 16.9 Å². The highest BCUT2D eigenvalue weighted by molar-refractivity contribution is 5.95. The molecule has 1 aliphatic carbocycles. The number of aryl methyl sites for hydroxylation is 1. The first kappa shape index (κ1) is 20.6. The molecule has 4 rings (SSSR count). The standard InChI is InChI=1S/C27H31NO2/c1-3-5-6-8-11-19-14-15-25-22(16-19)21(20-12-9-7-10-13-20)18-26(28-25)23-17-24(23)27(29)30-4-2/h7,9-10,12-16,18,23-24H,3-6,8,11,17H2,1-2H3/t23-,24+/m0/s1. The number of rotatable bonds is 9. The Morgan fingerprint density at radius 1 is 1.03 bits per heavy atom. The number of esters is 1. The largest absolute Gasteiger partial charge is 0.466 e. The number of hydrogen-bond acceptors (Lipinski definition) is 3. The van der Waals surface area contributed by atoms with Gasteiger partial charge in [-0.25, -0.2) is 0 Å². The number of hydrogen-bond donors (Lipinski definition) is 0. The van der Waals surface area contributed by atoms with Gasteiger partial charge >= 0.3 is 5.97 Å². The van der Waals surface area contributed by atoms with Gasteiger partial charge in [-0.2, -0.15) is 0 Å². The third-order valence-electron chi connectivity index (χ3n) is 6.06. The molecule has 2 aromatic carbocycles. The molecule has 1 saturated carbocycles. The van der Waals surface area contributed by atoms with Crippen LogP contribution in [0.25, 0.3) is 22.0 Å². The topological polar surface area (TPSA) is 39.2 Å². The molecule has 0 radical (unpaired) electrons. The summed E-state index contributed by atoms with van der Waals surface area (Å²) in [5.41, 5.74) is 5.80. The fourth-order valence-corrected chi connectivity index (χ4v) is 4.28. The Balaban J connectivity index is 1.68. The predicted molar refractivity (Wildman–Crippen MR) is 123 cm³/mol. The molecule has 1 aromatic heterocycles. The third kappa shape index (κ3) is 4.56. The van der Waals surface area contributed by atoms with E-state index < -0.39 is 0 Å². The minimum atomic E-state index is -0.0897. The minimum absolute atomic E-state index is 0.0450. The summed E-state index contributed by atoms with van der Waals surface area (Å²) in [5.74, 6) is 0.0362. The molecule has 0 bridgehead atoms. The van der Waals surface area contributed by atoms with Gasteiger partial charge in [0.15, 0.2) is 0 Å². The number of aromatic nitrogens is 1. The monoisotopic (exact) mass is 401 g/mol. The van der Waals surface area contributed by atoms with Gasteiger partial charge in [-0.15, -0.1) is 0 Å². The number of ether oxygens (including phenoxy) is 1. The second-order valence-electron chi connectivity index (χ2n) is 8.32. The van der Waals surface area contributed by atoms with Crippen molar-refractivity contribution in [3.05, 3.63) is 65.9 Å². The summed E-state index contributed by atoms with van der Waals surface area (Å²) >= 11 is 0. The van der Waals surface area contributed by atoms with Crippen LogP contribution in [0.15, 0.2) is 54.6 Å². The Labute approximate surface area is 179 Å². The van der Waals surface area contributed by atoms with Crippen LogP contribution < -0.4 is 0 Å². The highest BCUT2D eigenvalue weighted by atomic mass is 16.5. The van der Waals surface area contributed by atoms with Crippen LogP contribution in [0.4, 0.5) is 0 Å². The lowest BCUT2D eigenvalue weighted by atomic mass is 9.96. The van der Waals surface area contributed by atoms with E-state index in [1.54, 1.807) is 0 Å². The normalized spacial score (nSPS) is 17.8. The van der Waals surface area contributed by atoms with Crippen molar-refractivity contribution in [1.82, 2.24) is 4.98 Å². The number of carbonyl (C=O) groups excluding carboxylic acids is 1. The molecule has 3 aromatic rings. The first-order valence-electron chi connectivity index (χ1n) is 11.4. The van der Waals surface area contributed by atoms with Crippen LogP contribution >= 0.6 is 0 Å². The van der Waals surface area contributed by atoms with Crippen LogP contribution in [0.5, 0.6) is 0 Å². The van der Waals surface area contributed by atoms with Crippen molar-refractivity contribution in [2.45, 2.75) is 58.3 Å². The van der Waals surface area contributed by atoms with E-state index in [2.05, 4.69) is 55.5 Å². The smallest absolute Gasteiger partial charge is 0.309 e. The van der Waals surface area contributed by atoms with Crippen molar-refractivity contribution in [2.75, 3.05) is 6.61 Å². The van der Waals surface area contributed by atoms with Crippen molar-refractivity contribution in [3.63, 3.8) is 0 Å². The van der Waals surface area contributed by atoms with Crippen molar-refractivity contribution < 1.29 is 9.53 Å². The average Bonchev–Trinajstić information content (AvgIpc) is 3.58. The lowest BCUT2D eigenvalue weighted by Gasteiger charge is -2.12. The van der Waals surface area contributed by atoms with Gasteiger partial charge in [0.2, 0.25) is 0 Å². The van der Waals surface area contributed by atoms with Crippen LogP contribution in [0.3, 0.4) is 0 Å². The van der Waals surface area contributed by atoms with Gasteiger partial charge in [-0.1, -0.05) is 62.6 Å². The number of unbranched alkanes of at least 4 members (excludes halogenated alkanes) is 3. The summed E-state index contributed by atoms with van der Waals surface area (Å²) in [5, 5.41) is 1.20. The molecule has 3 nitrogen and oxygen atoms in total. The predicted octanol–water partition coefficient (Wildman–Crippen LogP) is 6.69. The van der Waals surface area contributed by atoms with Crippen molar-refractivity contribution in [1.29, 1.82) is 0 Å². The quantitative estimate of drug-likeness (QED) is 0.296. The molecular formula is C27H31NO2. The Kier molecular flexibility index (Phi) is 6.47. The fourth-order valence-electron chi connectivity index (χ4n) is 4.28. The summed E-state index contributed by atoms with van der Waals surface area (Å²) in [6, 6.07) is 19.4. The number of carbonyl (C=O) groups is 1. The van der Waals surface area contributed by atoms with E-state index >= 15 is 0 Å². The Bertz CT molecular complexity index is 1010. The fraction of sp³-hybridized carbons (Fsp3) is 0.407. The van der Waals surface area contributed by atoms with Gasteiger partial charge in [0.1, 0.15) is 0 Å². The maximum Gasteiger partial charge on any atom is 0.309 e. The van der Waals surface area contributed by atoms with Gasteiger partial charge in [-0.05, 0) is 61.1 Å². The van der Waals surface area contributed by atoms with E-state index in [0.29, 0.717) is 6.61 Å². The number of benzene rings is 2. The zero-order valence-electron chi connectivity index (χ0n) is 18.1. The van der Waals surface area contributed by atoms with E-state index in [-0.39, 0.29) is 17.8 Å². The van der Waals surface area contributed by atoms with Gasteiger partial charge in [-0.3, -0.25) is 9.78 Å². The molecule has 0 saturated heterocycles. The lowest BCUT2D eigenvalue weighted by Crippen LogP contribution is -2.07. The first-order valence-corrected chi connectivity index (χ1v) is 11.4. The van der Waals surface area contributed by atoms with Crippen LogP contribution in [-0.4, -0.2) is 17.6 Å². The van der Waals surface area contributed by atoms with E-state index in [4.69, 9.17) is 9.72 Å². The molecule has 0 N–H and O–H groups in total. The zero-order chi connectivity index (χ0) is 20.9. The third-order valence-corrected chi connectivity index (χ3v) is 6.06. The van der Waals surface area contributed by atoms with E-state index in [9.17, 15) is 4.79 Å². The number of nitrogens with zero attached hydrogens (tertiary/aromatic N) is 1. The van der Waals surface area contributed by atoms with E-state index in [1.807, 2.05) is 13.0 Å².